The fraction of sp³-hybridized carbons (Fsp3) is 0.385. The highest BCUT2D eigenvalue weighted by molar-refractivity contribution is 9.09. The van der Waals surface area contributed by atoms with Gasteiger partial charge in [0.15, 0.2) is 6.10 Å². The first kappa shape index (κ1) is 15.7. The molecule has 0 bridgehead atoms. The third kappa shape index (κ3) is 3.78. The third-order valence-corrected chi connectivity index (χ3v) is 3.67. The van der Waals surface area contributed by atoms with E-state index in [4.69, 9.17) is 9.84 Å². The van der Waals surface area contributed by atoms with Crippen LogP contribution in [-0.4, -0.2) is 28.6 Å². The Morgan fingerprint density at radius 1 is 1.37 bits per heavy atom. The molecule has 1 rings (SSSR count). The molecule has 1 aromatic rings. The minimum Gasteiger partial charge on any atom is -0.494 e. The summed E-state index contributed by atoms with van der Waals surface area (Å²) >= 11 is 3.19. The molecule has 0 aliphatic rings. The minimum atomic E-state index is -1.70. The summed E-state index contributed by atoms with van der Waals surface area (Å²) in [6.07, 6.45) is -1.70. The molecule has 0 aliphatic carbocycles. The van der Waals surface area contributed by atoms with E-state index in [0.29, 0.717) is 17.9 Å². The molecular formula is C13H15BrO5. The van der Waals surface area contributed by atoms with Crippen molar-refractivity contribution in [2.45, 2.75) is 24.8 Å². The van der Waals surface area contributed by atoms with E-state index in [1.807, 2.05) is 0 Å². The highest BCUT2D eigenvalue weighted by atomic mass is 79.9. The van der Waals surface area contributed by atoms with Gasteiger partial charge in [0.2, 0.25) is 0 Å². The number of ketones is 1. The van der Waals surface area contributed by atoms with E-state index in [1.165, 1.54) is 13.0 Å². The lowest BCUT2D eigenvalue weighted by Crippen LogP contribution is -2.15. The van der Waals surface area contributed by atoms with Gasteiger partial charge in [-0.25, -0.2) is 4.79 Å². The monoisotopic (exact) mass is 330 g/mol. The predicted octanol–water partition coefficient (Wildman–Crippen LogP) is 2.23. The largest absolute Gasteiger partial charge is 0.494 e. The van der Waals surface area contributed by atoms with Crippen molar-refractivity contribution in [1.29, 1.82) is 0 Å². The summed E-state index contributed by atoms with van der Waals surface area (Å²) in [4.78, 5) is 21.7. The molecule has 6 heteroatoms. The van der Waals surface area contributed by atoms with Crippen molar-refractivity contribution in [3.05, 3.63) is 29.3 Å². The summed E-state index contributed by atoms with van der Waals surface area (Å²) in [6.45, 7) is 3.60. The maximum Gasteiger partial charge on any atom is 0.337 e. The zero-order chi connectivity index (χ0) is 14.6. The molecule has 2 atom stereocenters. The van der Waals surface area contributed by atoms with Crippen LogP contribution in [0.25, 0.3) is 0 Å². The van der Waals surface area contributed by atoms with E-state index in [9.17, 15) is 14.7 Å². The van der Waals surface area contributed by atoms with Crippen LogP contribution < -0.4 is 4.74 Å². The number of hydrogen-bond acceptors (Lipinski definition) is 4. The number of alkyl halides is 1. The zero-order valence-corrected chi connectivity index (χ0v) is 12.2. The number of Topliss-reactive ketones (excluding diaryl/α,β-unsaturated/α-hetero) is 1. The van der Waals surface area contributed by atoms with Gasteiger partial charge in [-0.3, -0.25) is 4.79 Å². The maximum atomic E-state index is 11.4. The van der Waals surface area contributed by atoms with Crippen LogP contribution in [0.15, 0.2) is 18.2 Å². The van der Waals surface area contributed by atoms with Crippen molar-refractivity contribution >= 4 is 27.7 Å². The van der Waals surface area contributed by atoms with Crippen molar-refractivity contribution < 1.29 is 24.5 Å². The van der Waals surface area contributed by atoms with Crippen molar-refractivity contribution in [3.63, 3.8) is 0 Å². The molecule has 0 amide bonds. The highest BCUT2D eigenvalue weighted by Crippen LogP contribution is 2.33. The molecule has 0 saturated carbocycles. The smallest absolute Gasteiger partial charge is 0.337 e. The Bertz CT molecular complexity index is 486. The number of ether oxygens (including phenoxy) is 1. The number of halogens is 1. The number of aliphatic hydroxyl groups excluding tert-OH is 1. The van der Waals surface area contributed by atoms with Crippen LogP contribution in [0, 0.1) is 0 Å². The number of carboxylic acid groups (broad SMARTS) is 1. The lowest BCUT2D eigenvalue weighted by Gasteiger charge is -2.16. The van der Waals surface area contributed by atoms with Gasteiger partial charge in [0.1, 0.15) is 11.5 Å². The van der Waals surface area contributed by atoms with Gasteiger partial charge < -0.3 is 14.9 Å². The fourth-order valence-corrected chi connectivity index (χ4v) is 2.05. The first-order valence-electron chi connectivity index (χ1n) is 5.70. The molecule has 0 fully saturated rings. The molecule has 0 radical (unpaired) electrons. The Morgan fingerprint density at radius 3 is 2.47 bits per heavy atom. The predicted molar refractivity (Wildman–Crippen MR) is 72.6 cm³/mol. The summed E-state index contributed by atoms with van der Waals surface area (Å²) in [6, 6.07) is 4.65. The topological polar surface area (TPSA) is 83.8 Å². The Balaban J connectivity index is 3.29. The maximum absolute atomic E-state index is 11.4. The highest BCUT2D eigenvalue weighted by Gasteiger charge is 2.25. The summed E-state index contributed by atoms with van der Waals surface area (Å²) in [5, 5.41) is 18.6. The molecule has 19 heavy (non-hydrogen) atoms. The van der Waals surface area contributed by atoms with Gasteiger partial charge >= 0.3 is 5.97 Å². The molecule has 0 aromatic heterocycles. The van der Waals surface area contributed by atoms with Gasteiger partial charge in [0, 0.05) is 5.56 Å². The normalized spacial score (nSPS) is 13.7. The molecule has 2 N–H and O–H groups in total. The molecule has 104 valence electrons. The fourth-order valence-electron chi connectivity index (χ4n) is 1.63. The number of aliphatic hydroxyl groups is 1. The van der Waals surface area contributed by atoms with Crippen LogP contribution >= 0.6 is 15.9 Å². The second-order valence-corrected chi connectivity index (χ2v) is 4.85. The average molecular weight is 331 g/mol. The van der Waals surface area contributed by atoms with E-state index in [0.717, 1.165) is 0 Å². The van der Waals surface area contributed by atoms with Crippen LogP contribution in [0.1, 0.15) is 35.9 Å². The number of carbonyl (C=O) groups is 2. The van der Waals surface area contributed by atoms with Crippen LogP contribution in [0.2, 0.25) is 0 Å². The van der Waals surface area contributed by atoms with E-state index in [-0.39, 0.29) is 11.3 Å². The van der Waals surface area contributed by atoms with E-state index < -0.39 is 16.9 Å². The van der Waals surface area contributed by atoms with E-state index in [2.05, 4.69) is 15.9 Å². The SMILES string of the molecule is CCOc1ccc(C(Br)C(C)=O)c(C(O)C(=O)O)c1. The molecule has 0 heterocycles. The first-order chi connectivity index (χ1) is 8.88. The van der Waals surface area contributed by atoms with Crippen molar-refractivity contribution in [3.8, 4) is 5.75 Å². The first-order valence-corrected chi connectivity index (χ1v) is 6.62. The zero-order valence-electron chi connectivity index (χ0n) is 10.6. The number of carbonyl (C=O) groups excluding carboxylic acids is 1. The Labute approximate surface area is 119 Å². The van der Waals surface area contributed by atoms with Crippen LogP contribution in [-0.2, 0) is 9.59 Å². The Hall–Kier alpha value is -1.40. The second kappa shape index (κ2) is 6.68. The molecule has 0 spiro atoms. The Morgan fingerprint density at radius 2 is 2.00 bits per heavy atom. The van der Waals surface area contributed by atoms with Gasteiger partial charge in [-0.05, 0) is 31.5 Å². The van der Waals surface area contributed by atoms with Gasteiger partial charge in [-0.2, -0.15) is 0 Å². The van der Waals surface area contributed by atoms with Gasteiger partial charge in [0.05, 0.1) is 11.4 Å². The number of aliphatic carboxylic acids is 1. The second-order valence-electron chi connectivity index (χ2n) is 3.94. The Kier molecular flexibility index (Phi) is 5.50. The van der Waals surface area contributed by atoms with E-state index >= 15 is 0 Å². The average Bonchev–Trinajstić information content (AvgIpc) is 2.37. The van der Waals surface area contributed by atoms with Crippen molar-refractivity contribution in [2.24, 2.45) is 0 Å². The molecular weight excluding hydrogens is 316 g/mol. The van der Waals surface area contributed by atoms with Gasteiger partial charge in [0.25, 0.3) is 0 Å². The van der Waals surface area contributed by atoms with Crippen LogP contribution in [0.5, 0.6) is 5.75 Å². The molecule has 1 aromatic carbocycles. The minimum absolute atomic E-state index is 0.149. The van der Waals surface area contributed by atoms with E-state index in [1.54, 1.807) is 19.1 Å². The number of benzene rings is 1. The number of hydrogen-bond donors (Lipinski definition) is 2. The van der Waals surface area contributed by atoms with Gasteiger partial charge in [-0.15, -0.1) is 0 Å². The quantitative estimate of drug-likeness (QED) is 0.781. The van der Waals surface area contributed by atoms with Crippen molar-refractivity contribution in [2.75, 3.05) is 6.61 Å². The number of rotatable bonds is 6. The molecule has 0 saturated heterocycles. The summed E-state index contributed by atoms with van der Waals surface area (Å²) < 4.78 is 5.27. The van der Waals surface area contributed by atoms with Crippen molar-refractivity contribution in [1.82, 2.24) is 0 Å². The number of carboxylic acids is 1. The summed E-state index contributed by atoms with van der Waals surface area (Å²) in [5.74, 6) is -1.11. The summed E-state index contributed by atoms with van der Waals surface area (Å²) in [5.41, 5.74) is 0.571. The molecule has 5 nitrogen and oxygen atoms in total. The molecule has 2 unspecified atom stereocenters. The lowest BCUT2D eigenvalue weighted by atomic mass is 9.98. The standard InChI is InChI=1S/C13H15BrO5/c1-3-19-8-4-5-9(11(14)7(2)15)10(6-8)12(16)13(17)18/h4-6,11-12,16H,3H2,1-2H3,(H,17,18). The molecule has 0 aliphatic heterocycles. The van der Waals surface area contributed by atoms with Gasteiger partial charge in [-0.1, -0.05) is 22.0 Å². The summed E-state index contributed by atoms with van der Waals surface area (Å²) in [7, 11) is 0. The lowest BCUT2D eigenvalue weighted by molar-refractivity contribution is -0.147. The third-order valence-electron chi connectivity index (χ3n) is 2.53. The van der Waals surface area contributed by atoms with Crippen LogP contribution in [0.3, 0.4) is 0 Å². The van der Waals surface area contributed by atoms with Crippen LogP contribution in [0.4, 0.5) is 0 Å².